The molecule has 3 rings (SSSR count). The molecule has 0 N–H and O–H groups in total. The van der Waals surface area contributed by atoms with E-state index in [1.54, 1.807) is 21.1 Å². The lowest BCUT2D eigenvalue weighted by molar-refractivity contribution is 0.112. The number of pyridine rings is 1. The molecule has 7 nitrogen and oxygen atoms in total. The molecular weight excluding hydrogens is 344 g/mol. The van der Waals surface area contributed by atoms with Gasteiger partial charge in [0.25, 0.3) is 5.56 Å². The van der Waals surface area contributed by atoms with E-state index in [-0.39, 0.29) is 11.1 Å². The maximum absolute atomic E-state index is 12.5. The molecule has 1 saturated heterocycles. The second-order valence-electron chi connectivity index (χ2n) is 6.50. The van der Waals surface area contributed by atoms with Crippen LogP contribution in [0, 0.1) is 18.3 Å². The lowest BCUT2D eigenvalue weighted by Crippen LogP contribution is -2.48. The standard InChI is InChI=1S/C20H22N4O3/c1-14-17(12-21)20(26)22(2)19(18(14)13-25)24-10-8-23(9-11-24)15-4-6-16(27-3)7-5-15/h4-7,13H,8-11H2,1-3H3. The van der Waals surface area contributed by atoms with Crippen molar-refractivity contribution in [2.75, 3.05) is 43.1 Å². The van der Waals surface area contributed by atoms with E-state index in [0.717, 1.165) is 30.8 Å². The minimum atomic E-state index is -0.367. The number of piperazine rings is 1. The van der Waals surface area contributed by atoms with Crippen molar-refractivity contribution in [1.82, 2.24) is 4.57 Å². The van der Waals surface area contributed by atoms with Gasteiger partial charge in [-0.15, -0.1) is 0 Å². The first-order chi connectivity index (χ1) is 13.0. The van der Waals surface area contributed by atoms with E-state index in [1.165, 1.54) is 4.57 Å². The number of benzene rings is 1. The highest BCUT2D eigenvalue weighted by Crippen LogP contribution is 2.25. The Hall–Kier alpha value is -3.27. The average molecular weight is 366 g/mol. The molecule has 1 aromatic carbocycles. The Kier molecular flexibility index (Phi) is 5.17. The lowest BCUT2D eigenvalue weighted by Gasteiger charge is -2.38. The second-order valence-corrected chi connectivity index (χ2v) is 6.50. The summed E-state index contributed by atoms with van der Waals surface area (Å²) in [6.07, 6.45) is 0.737. The fourth-order valence-corrected chi connectivity index (χ4v) is 3.53. The number of carbonyl (C=O) groups excluding carboxylic acids is 1. The molecule has 2 heterocycles. The molecule has 0 atom stereocenters. The van der Waals surface area contributed by atoms with Crippen molar-refractivity contribution in [3.05, 3.63) is 51.3 Å². The van der Waals surface area contributed by atoms with E-state index in [9.17, 15) is 14.9 Å². The highest BCUT2D eigenvalue weighted by Gasteiger charge is 2.25. The summed E-state index contributed by atoms with van der Waals surface area (Å²) in [6.45, 7) is 4.52. The number of anilines is 2. The molecule has 0 radical (unpaired) electrons. The van der Waals surface area contributed by atoms with Crippen LogP contribution < -0.4 is 20.1 Å². The van der Waals surface area contributed by atoms with Gasteiger partial charge in [0.05, 0.1) is 12.7 Å². The molecule has 0 saturated carbocycles. The largest absolute Gasteiger partial charge is 0.497 e. The maximum atomic E-state index is 12.5. The summed E-state index contributed by atoms with van der Waals surface area (Å²) >= 11 is 0. The number of hydrogen-bond acceptors (Lipinski definition) is 6. The van der Waals surface area contributed by atoms with E-state index < -0.39 is 0 Å². The normalized spacial score (nSPS) is 14.0. The van der Waals surface area contributed by atoms with Gasteiger partial charge < -0.3 is 14.5 Å². The van der Waals surface area contributed by atoms with Gasteiger partial charge in [0.2, 0.25) is 0 Å². The van der Waals surface area contributed by atoms with E-state index in [4.69, 9.17) is 4.74 Å². The number of aromatic nitrogens is 1. The molecule has 1 aromatic heterocycles. The van der Waals surface area contributed by atoms with E-state index >= 15 is 0 Å². The molecule has 1 fully saturated rings. The number of hydrogen-bond donors (Lipinski definition) is 0. The van der Waals surface area contributed by atoms with Crippen LogP contribution in [0.5, 0.6) is 5.75 Å². The Labute approximate surface area is 158 Å². The summed E-state index contributed by atoms with van der Waals surface area (Å²) in [6, 6.07) is 9.82. The SMILES string of the molecule is COc1ccc(N2CCN(c3c(C=O)c(C)c(C#N)c(=O)n3C)CC2)cc1. The molecular formula is C20H22N4O3. The van der Waals surface area contributed by atoms with Gasteiger partial charge in [0.15, 0.2) is 6.29 Å². The van der Waals surface area contributed by atoms with Crippen molar-refractivity contribution in [3.63, 3.8) is 0 Å². The van der Waals surface area contributed by atoms with Crippen LogP contribution in [-0.4, -0.2) is 44.1 Å². The zero-order valence-corrected chi connectivity index (χ0v) is 15.7. The molecule has 0 amide bonds. The zero-order valence-electron chi connectivity index (χ0n) is 15.7. The molecule has 0 aliphatic carbocycles. The molecule has 7 heteroatoms. The van der Waals surface area contributed by atoms with Gasteiger partial charge in [0.1, 0.15) is 23.2 Å². The summed E-state index contributed by atoms with van der Waals surface area (Å²) in [5, 5.41) is 9.23. The number of ether oxygens (including phenoxy) is 1. The first-order valence-corrected chi connectivity index (χ1v) is 8.74. The molecule has 2 aromatic rings. The molecule has 1 aliphatic rings. The summed E-state index contributed by atoms with van der Waals surface area (Å²) in [7, 11) is 3.25. The molecule has 0 spiro atoms. The third-order valence-corrected chi connectivity index (χ3v) is 5.10. The number of rotatable bonds is 4. The Morgan fingerprint density at radius 3 is 2.22 bits per heavy atom. The van der Waals surface area contributed by atoms with Crippen LogP contribution in [0.2, 0.25) is 0 Å². The van der Waals surface area contributed by atoms with Gasteiger partial charge in [0, 0.05) is 38.9 Å². The van der Waals surface area contributed by atoms with Crippen LogP contribution in [0.15, 0.2) is 29.1 Å². The van der Waals surface area contributed by atoms with Crippen molar-refractivity contribution in [3.8, 4) is 11.8 Å². The van der Waals surface area contributed by atoms with Crippen LogP contribution in [0.1, 0.15) is 21.5 Å². The van der Waals surface area contributed by atoms with Crippen LogP contribution in [0.25, 0.3) is 0 Å². The van der Waals surface area contributed by atoms with Crippen LogP contribution >= 0.6 is 0 Å². The first-order valence-electron chi connectivity index (χ1n) is 8.74. The van der Waals surface area contributed by atoms with E-state index in [0.29, 0.717) is 30.0 Å². The third-order valence-electron chi connectivity index (χ3n) is 5.10. The van der Waals surface area contributed by atoms with Crippen molar-refractivity contribution in [2.45, 2.75) is 6.92 Å². The highest BCUT2D eigenvalue weighted by molar-refractivity contribution is 5.86. The smallest absolute Gasteiger partial charge is 0.270 e. The molecule has 1 aliphatic heterocycles. The van der Waals surface area contributed by atoms with Crippen molar-refractivity contribution in [1.29, 1.82) is 5.26 Å². The van der Waals surface area contributed by atoms with Gasteiger partial charge in [-0.1, -0.05) is 0 Å². The predicted octanol–water partition coefficient (Wildman–Crippen LogP) is 1.71. The third kappa shape index (κ3) is 3.26. The number of carbonyl (C=O) groups is 1. The predicted molar refractivity (Wildman–Crippen MR) is 104 cm³/mol. The van der Waals surface area contributed by atoms with E-state index in [1.807, 2.05) is 35.2 Å². The van der Waals surface area contributed by atoms with Crippen molar-refractivity contribution >= 4 is 17.8 Å². The molecule has 0 unspecified atom stereocenters. The first kappa shape index (κ1) is 18.5. The minimum Gasteiger partial charge on any atom is -0.497 e. The Bertz CT molecular complexity index is 949. The Balaban J connectivity index is 1.87. The monoisotopic (exact) mass is 366 g/mol. The fraction of sp³-hybridized carbons (Fsp3) is 0.350. The van der Waals surface area contributed by atoms with E-state index in [2.05, 4.69) is 4.90 Å². The van der Waals surface area contributed by atoms with Gasteiger partial charge in [-0.3, -0.25) is 14.2 Å². The quantitative estimate of drug-likeness (QED) is 0.767. The van der Waals surface area contributed by atoms with Crippen LogP contribution in [0.3, 0.4) is 0 Å². The molecule has 140 valence electrons. The maximum Gasteiger partial charge on any atom is 0.270 e. The zero-order chi connectivity index (χ0) is 19.6. The molecule has 27 heavy (non-hydrogen) atoms. The summed E-state index contributed by atoms with van der Waals surface area (Å²) < 4.78 is 6.61. The van der Waals surface area contributed by atoms with Gasteiger partial charge >= 0.3 is 0 Å². The van der Waals surface area contributed by atoms with Gasteiger partial charge in [-0.05, 0) is 36.8 Å². The highest BCUT2D eigenvalue weighted by atomic mass is 16.5. The van der Waals surface area contributed by atoms with Gasteiger partial charge in [-0.2, -0.15) is 5.26 Å². The average Bonchev–Trinajstić information content (AvgIpc) is 2.71. The number of nitrogens with zero attached hydrogens (tertiary/aromatic N) is 4. The lowest BCUT2D eigenvalue weighted by atomic mass is 10.0. The second kappa shape index (κ2) is 7.54. The van der Waals surface area contributed by atoms with Gasteiger partial charge in [-0.25, -0.2) is 0 Å². The fourth-order valence-electron chi connectivity index (χ4n) is 3.53. The summed E-state index contributed by atoms with van der Waals surface area (Å²) in [5.41, 5.74) is 1.62. The minimum absolute atomic E-state index is 0.0280. The Morgan fingerprint density at radius 1 is 1.11 bits per heavy atom. The molecule has 0 bridgehead atoms. The Morgan fingerprint density at radius 2 is 1.70 bits per heavy atom. The van der Waals surface area contributed by atoms with Crippen molar-refractivity contribution in [2.24, 2.45) is 7.05 Å². The number of methoxy groups -OCH3 is 1. The summed E-state index contributed by atoms with van der Waals surface area (Å²) in [4.78, 5) is 28.5. The topological polar surface area (TPSA) is 78.6 Å². The number of aldehydes is 1. The summed E-state index contributed by atoms with van der Waals surface area (Å²) in [5.74, 6) is 1.40. The van der Waals surface area contributed by atoms with Crippen molar-refractivity contribution < 1.29 is 9.53 Å². The van der Waals surface area contributed by atoms with Crippen LogP contribution in [-0.2, 0) is 7.05 Å². The van der Waals surface area contributed by atoms with Crippen LogP contribution in [0.4, 0.5) is 11.5 Å². The number of nitriles is 1.